The van der Waals surface area contributed by atoms with E-state index < -0.39 is 0 Å². The van der Waals surface area contributed by atoms with E-state index in [1.807, 2.05) is 30.9 Å². The Kier molecular flexibility index (Phi) is 4.79. The Balaban J connectivity index is 1.68. The molecule has 2 heterocycles. The van der Waals surface area contributed by atoms with Gasteiger partial charge in [0.25, 0.3) is 11.8 Å². The summed E-state index contributed by atoms with van der Waals surface area (Å²) in [6.45, 7) is 6.02. The summed E-state index contributed by atoms with van der Waals surface area (Å²) in [5, 5.41) is 0. The molecule has 0 spiro atoms. The number of rotatable bonds is 3. The molecule has 1 fully saturated rings. The van der Waals surface area contributed by atoms with Gasteiger partial charge in [0.1, 0.15) is 5.75 Å². The second kappa shape index (κ2) is 7.01. The Hall–Kier alpha value is -2.76. The molecule has 0 aliphatic carbocycles. The summed E-state index contributed by atoms with van der Waals surface area (Å²) in [5.41, 5.74) is 3.20. The van der Waals surface area contributed by atoms with Crippen LogP contribution in [0.2, 0.25) is 0 Å². The lowest BCUT2D eigenvalue weighted by atomic mass is 10.0. The molecule has 132 valence electrons. The van der Waals surface area contributed by atoms with E-state index in [2.05, 4.69) is 4.98 Å². The topological polar surface area (TPSA) is 65.6 Å². The van der Waals surface area contributed by atoms with Crippen molar-refractivity contribution in [3.63, 3.8) is 0 Å². The molecule has 0 saturated carbocycles. The molecule has 2 amide bonds. The predicted molar refractivity (Wildman–Crippen MR) is 95.1 cm³/mol. The van der Waals surface area contributed by atoms with Gasteiger partial charge in [-0.1, -0.05) is 0 Å². The minimum Gasteiger partial charge on any atom is -0.496 e. The van der Waals surface area contributed by atoms with Crippen LogP contribution in [0.4, 0.5) is 0 Å². The number of hydrogen-bond donors (Lipinski definition) is 1. The van der Waals surface area contributed by atoms with Gasteiger partial charge < -0.3 is 19.5 Å². The largest absolute Gasteiger partial charge is 0.496 e. The lowest BCUT2D eigenvalue weighted by Gasteiger charge is -2.35. The first-order chi connectivity index (χ1) is 12.0. The molecule has 1 saturated heterocycles. The maximum Gasteiger partial charge on any atom is 0.255 e. The lowest BCUT2D eigenvalue weighted by molar-refractivity contribution is 0.0535. The number of aromatic nitrogens is 1. The van der Waals surface area contributed by atoms with Crippen LogP contribution in [-0.2, 0) is 0 Å². The van der Waals surface area contributed by atoms with Gasteiger partial charge in [0.15, 0.2) is 0 Å². The predicted octanol–water partition coefficient (Wildman–Crippen LogP) is 2.24. The number of carbonyl (C=O) groups is 2. The average molecular weight is 341 g/mol. The van der Waals surface area contributed by atoms with Crippen LogP contribution in [0, 0.1) is 13.8 Å². The number of nitrogens with one attached hydrogen (secondary N) is 1. The fraction of sp³-hybridized carbons (Fsp3) is 0.368. The Morgan fingerprint density at radius 2 is 1.64 bits per heavy atom. The molecule has 2 aromatic rings. The molecule has 6 nitrogen and oxygen atoms in total. The van der Waals surface area contributed by atoms with Crippen LogP contribution in [0.3, 0.4) is 0 Å². The van der Waals surface area contributed by atoms with Crippen molar-refractivity contribution in [2.45, 2.75) is 13.8 Å². The van der Waals surface area contributed by atoms with Crippen LogP contribution < -0.4 is 4.74 Å². The number of nitrogens with zero attached hydrogens (tertiary/aromatic N) is 2. The number of ether oxygens (including phenoxy) is 1. The molecule has 1 aliphatic rings. The fourth-order valence-corrected chi connectivity index (χ4v) is 3.16. The minimum absolute atomic E-state index is 0.00446. The molecule has 1 N–H and O–H groups in total. The Labute approximate surface area is 147 Å². The zero-order valence-corrected chi connectivity index (χ0v) is 14.8. The molecule has 1 aliphatic heterocycles. The summed E-state index contributed by atoms with van der Waals surface area (Å²) in [7, 11) is 1.63. The number of hydrogen-bond acceptors (Lipinski definition) is 3. The first-order valence-corrected chi connectivity index (χ1v) is 8.38. The highest BCUT2D eigenvalue weighted by atomic mass is 16.5. The van der Waals surface area contributed by atoms with Crippen LogP contribution in [-0.4, -0.2) is 59.9 Å². The van der Waals surface area contributed by atoms with E-state index in [1.54, 1.807) is 30.5 Å². The maximum atomic E-state index is 12.9. The normalized spacial score (nSPS) is 14.5. The van der Waals surface area contributed by atoms with E-state index >= 15 is 0 Å². The van der Waals surface area contributed by atoms with Crippen molar-refractivity contribution in [3.05, 3.63) is 52.8 Å². The first-order valence-electron chi connectivity index (χ1n) is 8.38. The van der Waals surface area contributed by atoms with Gasteiger partial charge in [-0.15, -0.1) is 0 Å². The highest BCUT2D eigenvalue weighted by Gasteiger charge is 2.26. The molecular formula is C19H23N3O3. The van der Waals surface area contributed by atoms with Gasteiger partial charge in [-0.3, -0.25) is 9.59 Å². The Morgan fingerprint density at radius 3 is 2.20 bits per heavy atom. The molecule has 3 rings (SSSR count). The SMILES string of the molecule is COc1cc(C)c(C(=O)N2CCN(C(=O)c3cc[nH]c3)CC2)cc1C. The molecule has 1 aromatic heterocycles. The van der Waals surface area contributed by atoms with Crippen LogP contribution in [0.15, 0.2) is 30.6 Å². The average Bonchev–Trinajstić information content (AvgIpc) is 3.17. The number of carbonyl (C=O) groups excluding carboxylic acids is 2. The van der Waals surface area contributed by atoms with Crippen molar-refractivity contribution in [1.82, 2.24) is 14.8 Å². The van der Waals surface area contributed by atoms with Crippen LogP contribution >= 0.6 is 0 Å². The number of amides is 2. The fourth-order valence-electron chi connectivity index (χ4n) is 3.16. The summed E-state index contributed by atoms with van der Waals surface area (Å²) >= 11 is 0. The Morgan fingerprint density at radius 1 is 1.00 bits per heavy atom. The number of H-pyrrole nitrogens is 1. The first kappa shape index (κ1) is 17.1. The molecule has 0 unspecified atom stereocenters. The number of methoxy groups -OCH3 is 1. The standard InChI is InChI=1S/C19H23N3O3/c1-13-11-17(25-3)14(2)10-16(13)19(24)22-8-6-21(7-9-22)18(23)15-4-5-20-12-15/h4-5,10-12,20H,6-9H2,1-3H3. The smallest absolute Gasteiger partial charge is 0.255 e. The van der Waals surface area contributed by atoms with E-state index in [-0.39, 0.29) is 11.8 Å². The van der Waals surface area contributed by atoms with E-state index in [1.165, 1.54) is 0 Å². The van der Waals surface area contributed by atoms with Gasteiger partial charge in [0.05, 0.1) is 12.7 Å². The van der Waals surface area contributed by atoms with Crippen LogP contribution in [0.25, 0.3) is 0 Å². The van der Waals surface area contributed by atoms with E-state index in [4.69, 9.17) is 4.74 Å². The summed E-state index contributed by atoms with van der Waals surface area (Å²) < 4.78 is 5.31. The maximum absolute atomic E-state index is 12.9. The molecule has 25 heavy (non-hydrogen) atoms. The van der Waals surface area contributed by atoms with Crippen molar-refractivity contribution in [2.24, 2.45) is 0 Å². The van der Waals surface area contributed by atoms with E-state index in [0.29, 0.717) is 37.3 Å². The highest BCUT2D eigenvalue weighted by molar-refractivity contribution is 5.97. The van der Waals surface area contributed by atoms with Gasteiger partial charge in [0, 0.05) is 44.1 Å². The van der Waals surface area contributed by atoms with Crippen LogP contribution in [0.1, 0.15) is 31.8 Å². The zero-order chi connectivity index (χ0) is 18.0. The van der Waals surface area contributed by atoms with Crippen molar-refractivity contribution < 1.29 is 14.3 Å². The van der Waals surface area contributed by atoms with Gasteiger partial charge in [-0.05, 0) is 43.2 Å². The van der Waals surface area contributed by atoms with E-state index in [9.17, 15) is 9.59 Å². The second-order valence-corrected chi connectivity index (χ2v) is 6.32. The molecule has 1 aromatic carbocycles. The molecule has 6 heteroatoms. The summed E-state index contributed by atoms with van der Waals surface area (Å²) in [5.74, 6) is 0.804. The number of aromatic amines is 1. The minimum atomic E-state index is 0.00446. The van der Waals surface area contributed by atoms with Crippen molar-refractivity contribution in [3.8, 4) is 5.75 Å². The lowest BCUT2D eigenvalue weighted by Crippen LogP contribution is -2.50. The highest BCUT2D eigenvalue weighted by Crippen LogP contribution is 2.24. The zero-order valence-electron chi connectivity index (χ0n) is 14.8. The summed E-state index contributed by atoms with van der Waals surface area (Å²) in [6, 6.07) is 5.55. The second-order valence-electron chi connectivity index (χ2n) is 6.32. The van der Waals surface area contributed by atoms with Gasteiger partial charge >= 0.3 is 0 Å². The molecule has 0 bridgehead atoms. The summed E-state index contributed by atoms with van der Waals surface area (Å²) in [6.07, 6.45) is 3.44. The number of benzene rings is 1. The van der Waals surface area contributed by atoms with E-state index in [0.717, 1.165) is 16.9 Å². The number of piperazine rings is 1. The van der Waals surface area contributed by atoms with Crippen molar-refractivity contribution >= 4 is 11.8 Å². The third kappa shape index (κ3) is 3.38. The third-order valence-corrected chi connectivity index (χ3v) is 4.67. The summed E-state index contributed by atoms with van der Waals surface area (Å²) in [4.78, 5) is 31.7. The Bertz CT molecular complexity index is 775. The van der Waals surface area contributed by atoms with Gasteiger partial charge in [-0.2, -0.15) is 0 Å². The number of aryl methyl sites for hydroxylation is 2. The molecular weight excluding hydrogens is 318 g/mol. The quantitative estimate of drug-likeness (QED) is 0.931. The monoisotopic (exact) mass is 341 g/mol. The van der Waals surface area contributed by atoms with Gasteiger partial charge in [-0.25, -0.2) is 0 Å². The van der Waals surface area contributed by atoms with Gasteiger partial charge in [0.2, 0.25) is 0 Å². The third-order valence-electron chi connectivity index (χ3n) is 4.67. The van der Waals surface area contributed by atoms with Crippen molar-refractivity contribution in [1.29, 1.82) is 0 Å². The molecule has 0 radical (unpaired) electrons. The molecule has 0 atom stereocenters. The van der Waals surface area contributed by atoms with Crippen LogP contribution in [0.5, 0.6) is 5.75 Å². The van der Waals surface area contributed by atoms with Crippen molar-refractivity contribution in [2.75, 3.05) is 33.3 Å².